The van der Waals surface area contributed by atoms with Crippen LogP contribution in [0, 0.1) is 0 Å². The van der Waals surface area contributed by atoms with Gasteiger partial charge < -0.3 is 14.5 Å². The van der Waals surface area contributed by atoms with Crippen LogP contribution in [-0.4, -0.2) is 49.4 Å². The molecule has 34 heavy (non-hydrogen) atoms. The van der Waals surface area contributed by atoms with E-state index in [1.807, 2.05) is 38.1 Å². The minimum atomic E-state index is -3.05. The molecule has 0 aliphatic heterocycles. The average Bonchev–Trinajstić information content (AvgIpc) is 2.84. The van der Waals surface area contributed by atoms with E-state index in [4.69, 9.17) is 0 Å². The van der Waals surface area contributed by atoms with E-state index in [0.29, 0.717) is 5.56 Å². The second-order valence-corrected chi connectivity index (χ2v) is 7.24. The van der Waals surface area contributed by atoms with E-state index >= 15 is 0 Å². The maximum absolute atomic E-state index is 12.8. The Labute approximate surface area is 200 Å². The average molecular weight is 468 g/mol. The number of carbonyl (C=O) groups is 1. The van der Waals surface area contributed by atoms with Gasteiger partial charge in [0, 0.05) is 44.6 Å². The van der Waals surface area contributed by atoms with Gasteiger partial charge >= 0.3 is 7.47 Å². The van der Waals surface area contributed by atoms with Gasteiger partial charge in [-0.1, -0.05) is 0 Å². The van der Waals surface area contributed by atoms with E-state index in [1.54, 1.807) is 24.5 Å². The summed E-state index contributed by atoms with van der Waals surface area (Å²) >= 11 is 0. The molecule has 0 atom stereocenters. The summed E-state index contributed by atoms with van der Waals surface area (Å²) in [5.41, 5.74) is 1.42. The number of halogens is 2. The van der Waals surface area contributed by atoms with Gasteiger partial charge in [0.2, 0.25) is 0 Å². The minimum absolute atomic E-state index is 0.243. The van der Waals surface area contributed by atoms with Crippen molar-refractivity contribution in [3.8, 4) is 0 Å². The molecule has 0 fully saturated rings. The van der Waals surface area contributed by atoms with Crippen molar-refractivity contribution in [2.24, 2.45) is 0 Å². The Hall–Kier alpha value is -3.49. The summed E-state index contributed by atoms with van der Waals surface area (Å²) < 4.78 is 30.2. The van der Waals surface area contributed by atoms with Crippen molar-refractivity contribution in [3.05, 3.63) is 71.8 Å². The van der Waals surface area contributed by atoms with Crippen LogP contribution < -0.4 is 9.80 Å². The predicted molar refractivity (Wildman–Crippen MR) is 136 cm³/mol. The Kier molecular flexibility index (Phi) is 11.0. The largest absolute Gasteiger partial charge is 0.796 e. The minimum Gasteiger partial charge on any atom is -0.505 e. The molecular formula is C25H31BF2N4O2. The number of aromatic nitrogens is 2. The van der Waals surface area contributed by atoms with Crippen molar-refractivity contribution in [2.75, 3.05) is 36.0 Å². The van der Waals surface area contributed by atoms with Crippen LogP contribution in [0.4, 0.5) is 20.3 Å². The van der Waals surface area contributed by atoms with Gasteiger partial charge in [-0.05, 0) is 87.4 Å². The van der Waals surface area contributed by atoms with Gasteiger partial charge in [0.1, 0.15) is 17.4 Å². The second-order valence-electron chi connectivity index (χ2n) is 7.24. The monoisotopic (exact) mass is 468 g/mol. The summed E-state index contributed by atoms with van der Waals surface area (Å²) in [5, 5.41) is 0. The van der Waals surface area contributed by atoms with E-state index in [9.17, 15) is 13.4 Å². The van der Waals surface area contributed by atoms with Crippen LogP contribution in [0.1, 0.15) is 38.8 Å². The molecule has 0 aliphatic rings. The molecule has 2 rings (SSSR count). The van der Waals surface area contributed by atoms with Crippen molar-refractivity contribution in [2.45, 2.75) is 27.7 Å². The fourth-order valence-electron chi connectivity index (χ4n) is 3.23. The van der Waals surface area contributed by atoms with Crippen LogP contribution in [0.5, 0.6) is 0 Å². The summed E-state index contributed by atoms with van der Waals surface area (Å²) in [4.78, 5) is 25.3. The smallest absolute Gasteiger partial charge is 0.505 e. The topological polar surface area (TPSA) is 58.6 Å². The number of hydrogen-bond acceptors (Lipinski definition) is 6. The van der Waals surface area contributed by atoms with Gasteiger partial charge in [-0.25, -0.2) is 18.6 Å². The van der Waals surface area contributed by atoms with E-state index < -0.39 is 13.3 Å². The number of ketones is 1. The predicted octanol–water partition coefficient (Wildman–Crippen LogP) is 5.29. The first-order valence-electron chi connectivity index (χ1n) is 11.4. The van der Waals surface area contributed by atoms with Crippen molar-refractivity contribution < 1.29 is 18.1 Å². The van der Waals surface area contributed by atoms with E-state index in [-0.39, 0.29) is 5.76 Å². The summed E-state index contributed by atoms with van der Waals surface area (Å²) in [6.45, 7) is 11.5. The molecule has 9 heteroatoms. The lowest BCUT2D eigenvalue weighted by Crippen LogP contribution is -2.22. The van der Waals surface area contributed by atoms with Gasteiger partial charge in [0.15, 0.2) is 5.78 Å². The Balaban J connectivity index is 2.10. The molecule has 0 saturated heterocycles. The highest BCUT2D eigenvalue weighted by Gasteiger charge is 2.18. The van der Waals surface area contributed by atoms with Crippen LogP contribution in [-0.2, 0) is 9.45 Å². The number of carbonyl (C=O) groups excluding carboxylic acids is 1. The molecule has 2 aromatic rings. The lowest BCUT2D eigenvalue weighted by Gasteiger charge is -2.19. The fourth-order valence-corrected chi connectivity index (χ4v) is 3.23. The standard InChI is InChI=1S/C25H31BF2N4O2/c1-5-31(6-2)24-15-11-20(18-29-24)9-13-22(33)17-23(34-26(27)28)14-10-21-12-16-25(30-19-21)32(7-3)8-4/h9-19H,5-8H2,1-4H3/b13-9+,14-10+,23-17-. The first kappa shape index (κ1) is 26.8. The number of rotatable bonds is 13. The van der Waals surface area contributed by atoms with Gasteiger partial charge in [0.25, 0.3) is 0 Å². The van der Waals surface area contributed by atoms with Gasteiger partial charge in [-0.2, -0.15) is 0 Å². The molecule has 0 bridgehead atoms. The third-order valence-corrected chi connectivity index (χ3v) is 5.11. The quantitative estimate of drug-likeness (QED) is 0.172. The number of nitrogens with zero attached hydrogens (tertiary/aromatic N) is 4. The number of allylic oxidation sites excluding steroid dienone is 3. The molecule has 0 radical (unpaired) electrons. The molecule has 6 nitrogen and oxygen atoms in total. The molecule has 0 unspecified atom stereocenters. The highest BCUT2D eigenvalue weighted by Crippen LogP contribution is 2.15. The van der Waals surface area contributed by atoms with Crippen LogP contribution in [0.15, 0.2) is 60.6 Å². The van der Waals surface area contributed by atoms with Crippen LogP contribution in [0.2, 0.25) is 0 Å². The normalized spacial score (nSPS) is 11.8. The first-order chi connectivity index (χ1) is 16.4. The van der Waals surface area contributed by atoms with Crippen LogP contribution in [0.25, 0.3) is 12.2 Å². The molecule has 0 N–H and O–H groups in total. The number of anilines is 2. The highest BCUT2D eigenvalue weighted by molar-refractivity contribution is 6.35. The van der Waals surface area contributed by atoms with Crippen LogP contribution >= 0.6 is 0 Å². The SMILES string of the molecule is CCN(CC)c1ccc(/C=C/C(=O)/C=C(/C=C/c2ccc(N(CC)CC)nc2)OB(F)F)cn1. The van der Waals surface area contributed by atoms with E-state index in [1.165, 1.54) is 12.2 Å². The molecule has 0 aromatic carbocycles. The molecular weight excluding hydrogens is 437 g/mol. The molecule has 0 saturated carbocycles. The lowest BCUT2D eigenvalue weighted by atomic mass is 10.2. The molecule has 0 spiro atoms. The summed E-state index contributed by atoms with van der Waals surface area (Å²) in [6, 6.07) is 7.41. The molecule has 180 valence electrons. The Morgan fingerprint density at radius 1 is 0.853 bits per heavy atom. The summed E-state index contributed by atoms with van der Waals surface area (Å²) in [5.74, 6) is 0.961. The lowest BCUT2D eigenvalue weighted by molar-refractivity contribution is -0.110. The van der Waals surface area contributed by atoms with Gasteiger partial charge in [-0.3, -0.25) is 4.79 Å². The molecule has 0 aliphatic carbocycles. The zero-order valence-corrected chi connectivity index (χ0v) is 20.1. The maximum Gasteiger partial charge on any atom is 0.796 e. The molecule has 2 aromatic heterocycles. The fraction of sp³-hybridized carbons (Fsp3) is 0.320. The second kappa shape index (κ2) is 13.9. The summed E-state index contributed by atoms with van der Waals surface area (Å²) in [6.07, 6.45) is 10.1. The van der Waals surface area contributed by atoms with E-state index in [0.717, 1.165) is 49.5 Å². The molecule has 0 amide bonds. The van der Waals surface area contributed by atoms with Gasteiger partial charge in [0.05, 0.1) is 0 Å². The summed E-state index contributed by atoms with van der Waals surface area (Å²) in [7, 11) is -3.05. The number of pyridine rings is 2. The van der Waals surface area contributed by atoms with Crippen LogP contribution in [0.3, 0.4) is 0 Å². The van der Waals surface area contributed by atoms with Crippen molar-refractivity contribution >= 4 is 37.0 Å². The Morgan fingerprint density at radius 3 is 1.71 bits per heavy atom. The first-order valence-corrected chi connectivity index (χ1v) is 11.4. The van der Waals surface area contributed by atoms with Crippen molar-refractivity contribution in [1.82, 2.24) is 9.97 Å². The molecule has 2 heterocycles. The zero-order chi connectivity index (χ0) is 24.9. The Morgan fingerprint density at radius 2 is 1.32 bits per heavy atom. The maximum atomic E-state index is 12.8. The van der Waals surface area contributed by atoms with Crippen molar-refractivity contribution in [3.63, 3.8) is 0 Å². The number of hydrogen-bond donors (Lipinski definition) is 0. The third-order valence-electron chi connectivity index (χ3n) is 5.11. The van der Waals surface area contributed by atoms with E-state index in [2.05, 4.69) is 38.3 Å². The van der Waals surface area contributed by atoms with Gasteiger partial charge in [-0.15, -0.1) is 0 Å². The zero-order valence-electron chi connectivity index (χ0n) is 20.1. The van der Waals surface area contributed by atoms with Crippen molar-refractivity contribution in [1.29, 1.82) is 0 Å². The Bertz CT molecular complexity index is 985. The highest BCUT2D eigenvalue weighted by atomic mass is 19.2. The third kappa shape index (κ3) is 8.46.